The third-order valence-corrected chi connectivity index (χ3v) is 6.02. The van der Waals surface area contributed by atoms with E-state index in [0.29, 0.717) is 17.9 Å². The third-order valence-electron chi connectivity index (χ3n) is 2.67. The average Bonchev–Trinajstić information content (AvgIpc) is 2.40. The van der Waals surface area contributed by atoms with Crippen LogP contribution in [0.2, 0.25) is 0 Å². The van der Waals surface area contributed by atoms with Crippen molar-refractivity contribution >= 4 is 36.2 Å². The van der Waals surface area contributed by atoms with E-state index in [1.54, 1.807) is 53.3 Å². The van der Waals surface area contributed by atoms with Crippen molar-refractivity contribution in [3.05, 3.63) is 27.3 Å². The minimum absolute atomic E-state index is 0.300. The summed E-state index contributed by atoms with van der Waals surface area (Å²) in [4.78, 5) is 11.8. The number of rotatable bonds is 6. The smallest absolute Gasteiger partial charge is 0.394 e. The fourth-order valence-electron chi connectivity index (χ4n) is 1.56. The molecule has 0 unspecified atom stereocenters. The van der Waals surface area contributed by atoms with Gasteiger partial charge in [0.1, 0.15) is 5.75 Å². The van der Waals surface area contributed by atoms with E-state index in [1.807, 2.05) is 0 Å². The molecule has 1 aromatic carbocycles. The van der Waals surface area contributed by atoms with Gasteiger partial charge >= 0.3 is 13.6 Å². The first-order chi connectivity index (χ1) is 9.72. The van der Waals surface area contributed by atoms with Crippen LogP contribution in [-0.2, 0) is 9.30 Å². The molecule has 118 valence electrons. The first kappa shape index (κ1) is 18.4. The standard InChI is InChI=1S/C13H20IN2O4P/c1-6-19-13(17)10-7-8-11(14)12(9-10)20-21(18,15(2)3)16(4)5/h7-9H,6H2,1-5H3. The molecule has 0 fully saturated rings. The van der Waals surface area contributed by atoms with Gasteiger partial charge in [-0.25, -0.2) is 18.7 Å². The summed E-state index contributed by atoms with van der Waals surface area (Å²) in [6.07, 6.45) is 0. The molecule has 0 amide bonds. The van der Waals surface area contributed by atoms with Crippen molar-refractivity contribution in [2.75, 3.05) is 34.8 Å². The molecule has 1 rings (SSSR count). The van der Waals surface area contributed by atoms with Gasteiger partial charge in [0.15, 0.2) is 0 Å². The Balaban J connectivity index is 3.16. The minimum atomic E-state index is -3.17. The summed E-state index contributed by atoms with van der Waals surface area (Å²) >= 11 is 2.07. The molecule has 0 aromatic heterocycles. The van der Waals surface area contributed by atoms with Gasteiger partial charge < -0.3 is 9.26 Å². The number of ether oxygens (including phenoxy) is 1. The highest BCUT2D eigenvalue weighted by Crippen LogP contribution is 2.51. The van der Waals surface area contributed by atoms with Crippen molar-refractivity contribution < 1.29 is 18.6 Å². The number of carbonyl (C=O) groups is 1. The lowest BCUT2D eigenvalue weighted by Crippen LogP contribution is -2.24. The largest absolute Gasteiger partial charge is 0.462 e. The topological polar surface area (TPSA) is 59.1 Å². The fourth-order valence-corrected chi connectivity index (χ4v) is 3.63. The molecule has 0 aliphatic carbocycles. The van der Waals surface area contributed by atoms with E-state index in [2.05, 4.69) is 22.6 Å². The van der Waals surface area contributed by atoms with Crippen LogP contribution in [0.1, 0.15) is 17.3 Å². The highest BCUT2D eigenvalue weighted by Gasteiger charge is 2.32. The first-order valence-electron chi connectivity index (χ1n) is 6.34. The second-order valence-corrected chi connectivity index (χ2v) is 8.57. The van der Waals surface area contributed by atoms with E-state index in [4.69, 9.17) is 9.26 Å². The van der Waals surface area contributed by atoms with Gasteiger partial charge in [-0.05, 0) is 75.9 Å². The summed E-state index contributed by atoms with van der Waals surface area (Å²) in [7, 11) is 3.57. The quantitative estimate of drug-likeness (QED) is 0.396. The normalized spacial score (nSPS) is 11.8. The highest BCUT2D eigenvalue weighted by molar-refractivity contribution is 14.1. The van der Waals surface area contributed by atoms with Gasteiger partial charge in [0, 0.05) is 0 Å². The van der Waals surface area contributed by atoms with Gasteiger partial charge in [-0.15, -0.1) is 0 Å². The van der Waals surface area contributed by atoms with Crippen LogP contribution in [0.15, 0.2) is 18.2 Å². The van der Waals surface area contributed by atoms with Crippen molar-refractivity contribution in [1.29, 1.82) is 0 Å². The molecule has 0 radical (unpaired) electrons. The van der Waals surface area contributed by atoms with Crippen LogP contribution in [0.4, 0.5) is 0 Å². The maximum atomic E-state index is 12.9. The molecular formula is C13H20IN2O4P. The van der Waals surface area contributed by atoms with E-state index < -0.39 is 13.6 Å². The van der Waals surface area contributed by atoms with Crippen molar-refractivity contribution in [2.24, 2.45) is 0 Å². The zero-order valence-corrected chi connectivity index (χ0v) is 15.8. The molecule has 0 aliphatic heterocycles. The molecule has 0 N–H and O–H groups in total. The number of nitrogens with zero attached hydrogens (tertiary/aromatic N) is 2. The lowest BCUT2D eigenvalue weighted by molar-refractivity contribution is 0.0526. The molecule has 0 saturated carbocycles. The van der Waals surface area contributed by atoms with E-state index in [9.17, 15) is 9.36 Å². The second-order valence-electron chi connectivity index (χ2n) is 4.64. The van der Waals surface area contributed by atoms with Gasteiger partial charge in [-0.1, -0.05) is 0 Å². The van der Waals surface area contributed by atoms with Gasteiger partial charge in [-0.2, -0.15) is 0 Å². The predicted molar refractivity (Wildman–Crippen MR) is 90.7 cm³/mol. The molecule has 6 nitrogen and oxygen atoms in total. The van der Waals surface area contributed by atoms with E-state index in [-0.39, 0.29) is 0 Å². The molecule has 21 heavy (non-hydrogen) atoms. The number of benzene rings is 1. The number of esters is 1. The van der Waals surface area contributed by atoms with Crippen molar-refractivity contribution in [1.82, 2.24) is 9.34 Å². The van der Waals surface area contributed by atoms with Crippen LogP contribution in [0, 0.1) is 3.57 Å². The van der Waals surface area contributed by atoms with Crippen LogP contribution in [0.3, 0.4) is 0 Å². The molecule has 0 atom stereocenters. The Labute approximate surface area is 139 Å². The van der Waals surface area contributed by atoms with Gasteiger partial charge in [-0.3, -0.25) is 0 Å². The first-order valence-corrected chi connectivity index (χ1v) is 8.95. The maximum absolute atomic E-state index is 12.9. The third kappa shape index (κ3) is 4.42. The van der Waals surface area contributed by atoms with E-state index in [1.165, 1.54) is 9.34 Å². The predicted octanol–water partition coefficient (Wildman–Crippen LogP) is 3.08. The Morgan fingerprint density at radius 3 is 2.29 bits per heavy atom. The monoisotopic (exact) mass is 426 g/mol. The molecule has 0 bridgehead atoms. The highest BCUT2D eigenvalue weighted by atomic mass is 127. The Morgan fingerprint density at radius 2 is 1.81 bits per heavy atom. The Hall–Kier alpha value is -0.630. The van der Waals surface area contributed by atoms with Gasteiger partial charge in [0.25, 0.3) is 0 Å². The lowest BCUT2D eigenvalue weighted by Gasteiger charge is -2.30. The number of hydrogen-bond acceptors (Lipinski definition) is 4. The average molecular weight is 426 g/mol. The summed E-state index contributed by atoms with van der Waals surface area (Å²) in [6, 6.07) is 4.94. The SMILES string of the molecule is CCOC(=O)c1ccc(I)c(OP(=O)(N(C)C)N(C)C)c1. The minimum Gasteiger partial charge on any atom is -0.462 e. The van der Waals surface area contributed by atoms with Crippen molar-refractivity contribution in [2.45, 2.75) is 6.92 Å². The molecular weight excluding hydrogens is 406 g/mol. The summed E-state index contributed by atoms with van der Waals surface area (Å²) in [5.41, 5.74) is 0.372. The number of hydrogen-bond donors (Lipinski definition) is 0. The lowest BCUT2D eigenvalue weighted by atomic mass is 10.2. The Kier molecular flexibility index (Phi) is 6.65. The molecule has 0 saturated heterocycles. The zero-order chi connectivity index (χ0) is 16.2. The molecule has 0 heterocycles. The molecule has 0 spiro atoms. The summed E-state index contributed by atoms with van der Waals surface area (Å²) in [5, 5.41) is 0. The summed E-state index contributed by atoms with van der Waals surface area (Å²) < 4.78 is 27.4. The number of carbonyl (C=O) groups excluding carboxylic acids is 1. The Bertz CT molecular complexity index is 551. The number of halogens is 1. The van der Waals surface area contributed by atoms with Crippen molar-refractivity contribution in [3.63, 3.8) is 0 Å². The summed E-state index contributed by atoms with van der Waals surface area (Å²) in [6.45, 7) is 2.04. The zero-order valence-electron chi connectivity index (χ0n) is 12.8. The maximum Gasteiger partial charge on any atom is 0.394 e. The van der Waals surface area contributed by atoms with Gasteiger partial charge in [0.2, 0.25) is 0 Å². The molecule has 1 aromatic rings. The molecule has 8 heteroatoms. The van der Waals surface area contributed by atoms with Crippen LogP contribution in [0.5, 0.6) is 5.75 Å². The van der Waals surface area contributed by atoms with Crippen LogP contribution in [-0.4, -0.2) is 50.1 Å². The fraction of sp³-hybridized carbons (Fsp3) is 0.462. The van der Waals surface area contributed by atoms with Crippen LogP contribution >= 0.6 is 30.3 Å². The summed E-state index contributed by atoms with van der Waals surface area (Å²) in [5.74, 6) is -0.0322. The van der Waals surface area contributed by atoms with Crippen LogP contribution in [0.25, 0.3) is 0 Å². The van der Waals surface area contributed by atoms with E-state index >= 15 is 0 Å². The van der Waals surface area contributed by atoms with Gasteiger partial charge in [0.05, 0.1) is 15.7 Å². The molecule has 0 aliphatic rings. The second kappa shape index (κ2) is 7.58. The Morgan fingerprint density at radius 1 is 1.24 bits per heavy atom. The van der Waals surface area contributed by atoms with E-state index in [0.717, 1.165) is 3.57 Å². The van der Waals surface area contributed by atoms with Crippen molar-refractivity contribution in [3.8, 4) is 5.75 Å². The van der Waals surface area contributed by atoms with Crippen LogP contribution < -0.4 is 4.52 Å².